The van der Waals surface area contributed by atoms with E-state index < -0.39 is 6.03 Å². The molecule has 0 saturated carbocycles. The summed E-state index contributed by atoms with van der Waals surface area (Å²) < 4.78 is 10.8. The van der Waals surface area contributed by atoms with Crippen molar-refractivity contribution >= 4 is 29.5 Å². The number of nitrogens with zero attached hydrogens (tertiary/aromatic N) is 1. The lowest BCUT2D eigenvalue weighted by atomic mass is 10.2. The summed E-state index contributed by atoms with van der Waals surface area (Å²) in [5, 5.41) is 7.08. The molecule has 0 radical (unpaired) electrons. The van der Waals surface area contributed by atoms with Gasteiger partial charge in [-0.05, 0) is 37.3 Å². The lowest BCUT2D eigenvalue weighted by Gasteiger charge is -2.11. The Labute approximate surface area is 145 Å². The average Bonchev–Trinajstić information content (AvgIpc) is 2.55. The molecule has 0 unspecified atom stereocenters. The fraction of sp³-hybridized carbons (Fsp3) is 0.176. The van der Waals surface area contributed by atoms with E-state index >= 15 is 0 Å². The van der Waals surface area contributed by atoms with Crippen LogP contribution in [0.3, 0.4) is 0 Å². The van der Waals surface area contributed by atoms with Crippen LogP contribution in [0.1, 0.15) is 12.5 Å². The largest absolute Gasteiger partial charge is 0.492 e. The molecule has 7 heteroatoms. The highest BCUT2D eigenvalue weighted by molar-refractivity contribution is 6.30. The van der Waals surface area contributed by atoms with E-state index in [9.17, 15) is 4.79 Å². The van der Waals surface area contributed by atoms with Crippen LogP contribution >= 0.6 is 11.6 Å². The monoisotopic (exact) mass is 347 g/mol. The van der Waals surface area contributed by atoms with Crippen molar-refractivity contribution in [1.82, 2.24) is 5.43 Å². The summed E-state index contributed by atoms with van der Waals surface area (Å²) in [7, 11) is 1.55. The van der Waals surface area contributed by atoms with Crippen molar-refractivity contribution < 1.29 is 14.3 Å². The summed E-state index contributed by atoms with van der Waals surface area (Å²) in [6, 6.07) is 11.8. The highest BCUT2D eigenvalue weighted by atomic mass is 35.5. The number of nitrogens with one attached hydrogen (secondary N) is 2. The first-order valence-electron chi connectivity index (χ1n) is 7.29. The van der Waals surface area contributed by atoms with Crippen LogP contribution in [-0.2, 0) is 0 Å². The topological polar surface area (TPSA) is 72.0 Å². The van der Waals surface area contributed by atoms with Crippen LogP contribution in [-0.4, -0.2) is 26.0 Å². The van der Waals surface area contributed by atoms with Gasteiger partial charge in [0.25, 0.3) is 0 Å². The number of methoxy groups -OCH3 is 1. The number of carbonyl (C=O) groups is 1. The number of carbonyl (C=O) groups excluding carboxylic acids is 1. The van der Waals surface area contributed by atoms with Gasteiger partial charge in [-0.25, -0.2) is 10.2 Å². The number of urea groups is 1. The SMILES string of the molecule is CCOc1cccc(/C=N\NC(=O)Nc2cccc(Cl)c2)c1OC. The summed E-state index contributed by atoms with van der Waals surface area (Å²) >= 11 is 5.86. The number of hydrazone groups is 1. The number of hydrogen-bond acceptors (Lipinski definition) is 4. The molecular weight excluding hydrogens is 330 g/mol. The van der Waals surface area contributed by atoms with E-state index in [4.69, 9.17) is 21.1 Å². The number of para-hydroxylation sites is 1. The van der Waals surface area contributed by atoms with E-state index in [1.165, 1.54) is 6.21 Å². The fourth-order valence-electron chi connectivity index (χ4n) is 2.01. The molecule has 2 rings (SSSR count). The van der Waals surface area contributed by atoms with E-state index in [1.54, 1.807) is 43.5 Å². The van der Waals surface area contributed by atoms with Crippen molar-refractivity contribution in [1.29, 1.82) is 0 Å². The standard InChI is InChI=1S/C17H18ClN3O3/c1-3-24-15-9-4-6-12(16(15)23-2)11-19-21-17(22)20-14-8-5-7-13(18)10-14/h4-11H,3H2,1-2H3,(H2,20,21,22)/b19-11-. The number of anilines is 1. The van der Waals surface area contributed by atoms with Gasteiger partial charge in [-0.15, -0.1) is 0 Å². The Kier molecular flexibility index (Phi) is 6.45. The number of rotatable bonds is 6. The van der Waals surface area contributed by atoms with E-state index in [0.717, 1.165) is 0 Å². The van der Waals surface area contributed by atoms with E-state index in [2.05, 4.69) is 15.8 Å². The molecule has 0 aromatic heterocycles. The summed E-state index contributed by atoms with van der Waals surface area (Å²) in [6.45, 7) is 2.42. The van der Waals surface area contributed by atoms with E-state index in [-0.39, 0.29) is 0 Å². The highest BCUT2D eigenvalue weighted by Gasteiger charge is 2.08. The van der Waals surface area contributed by atoms with Crippen molar-refractivity contribution in [2.75, 3.05) is 19.0 Å². The molecule has 126 valence electrons. The van der Waals surface area contributed by atoms with Gasteiger partial charge in [0.2, 0.25) is 0 Å². The maximum atomic E-state index is 11.8. The van der Waals surface area contributed by atoms with Gasteiger partial charge in [0, 0.05) is 16.3 Å². The average molecular weight is 348 g/mol. The first-order chi connectivity index (χ1) is 11.6. The third-order valence-electron chi connectivity index (χ3n) is 2.97. The molecule has 24 heavy (non-hydrogen) atoms. The second kappa shape index (κ2) is 8.79. The lowest BCUT2D eigenvalue weighted by Crippen LogP contribution is -2.24. The molecule has 2 aromatic carbocycles. The van der Waals surface area contributed by atoms with Gasteiger partial charge < -0.3 is 14.8 Å². The van der Waals surface area contributed by atoms with Crippen molar-refractivity contribution in [2.24, 2.45) is 5.10 Å². The minimum Gasteiger partial charge on any atom is -0.492 e. The third-order valence-corrected chi connectivity index (χ3v) is 3.20. The molecule has 0 heterocycles. The molecule has 0 saturated heterocycles. The van der Waals surface area contributed by atoms with Crippen molar-refractivity contribution in [3.63, 3.8) is 0 Å². The Bertz CT molecular complexity index is 735. The molecule has 0 bridgehead atoms. The number of amides is 2. The molecule has 2 N–H and O–H groups in total. The lowest BCUT2D eigenvalue weighted by molar-refractivity contribution is 0.252. The second-order valence-corrected chi connectivity index (χ2v) is 5.08. The molecule has 0 spiro atoms. The summed E-state index contributed by atoms with van der Waals surface area (Å²) in [5.74, 6) is 1.17. The Morgan fingerprint density at radius 1 is 1.29 bits per heavy atom. The number of halogens is 1. The third kappa shape index (κ3) is 4.89. The van der Waals surface area contributed by atoms with Gasteiger partial charge in [0.15, 0.2) is 11.5 Å². The van der Waals surface area contributed by atoms with Gasteiger partial charge in [-0.1, -0.05) is 23.7 Å². The molecule has 0 atom stereocenters. The zero-order chi connectivity index (χ0) is 17.4. The van der Waals surface area contributed by atoms with Gasteiger partial charge in [0.05, 0.1) is 19.9 Å². The normalized spacial score (nSPS) is 10.5. The quantitative estimate of drug-likeness (QED) is 0.615. The fourth-order valence-corrected chi connectivity index (χ4v) is 2.20. The Hall–Kier alpha value is -2.73. The van der Waals surface area contributed by atoms with Crippen LogP contribution in [0.25, 0.3) is 0 Å². The van der Waals surface area contributed by atoms with Crippen LogP contribution in [0.4, 0.5) is 10.5 Å². The van der Waals surface area contributed by atoms with Crippen molar-refractivity contribution in [3.05, 3.63) is 53.1 Å². The van der Waals surface area contributed by atoms with Gasteiger partial charge >= 0.3 is 6.03 Å². The molecular formula is C17H18ClN3O3. The zero-order valence-corrected chi connectivity index (χ0v) is 14.1. The smallest absolute Gasteiger partial charge is 0.339 e. The first-order valence-corrected chi connectivity index (χ1v) is 7.67. The number of benzene rings is 2. The van der Waals surface area contributed by atoms with Crippen LogP contribution in [0.15, 0.2) is 47.6 Å². The minimum atomic E-state index is -0.478. The summed E-state index contributed by atoms with van der Waals surface area (Å²) in [4.78, 5) is 11.8. The van der Waals surface area contributed by atoms with E-state index in [0.29, 0.717) is 34.4 Å². The molecule has 2 amide bonds. The first kappa shape index (κ1) is 17.6. The summed E-state index contributed by atoms with van der Waals surface area (Å²) in [5.41, 5.74) is 3.64. The molecule has 0 aliphatic rings. The van der Waals surface area contributed by atoms with Crippen LogP contribution in [0, 0.1) is 0 Å². The predicted octanol–water partition coefficient (Wildman–Crippen LogP) is 3.90. The maximum absolute atomic E-state index is 11.8. The van der Waals surface area contributed by atoms with Crippen LogP contribution in [0.2, 0.25) is 5.02 Å². The van der Waals surface area contributed by atoms with Crippen molar-refractivity contribution in [3.8, 4) is 11.5 Å². The second-order valence-electron chi connectivity index (χ2n) is 4.65. The van der Waals surface area contributed by atoms with E-state index in [1.807, 2.05) is 13.0 Å². The predicted molar refractivity (Wildman–Crippen MR) is 95.4 cm³/mol. The minimum absolute atomic E-state index is 0.478. The maximum Gasteiger partial charge on any atom is 0.339 e. The molecule has 0 aliphatic carbocycles. The molecule has 6 nitrogen and oxygen atoms in total. The number of hydrogen-bond donors (Lipinski definition) is 2. The Balaban J connectivity index is 2.01. The Morgan fingerprint density at radius 3 is 2.79 bits per heavy atom. The highest BCUT2D eigenvalue weighted by Crippen LogP contribution is 2.29. The van der Waals surface area contributed by atoms with Gasteiger partial charge in [-0.3, -0.25) is 0 Å². The molecule has 0 aliphatic heterocycles. The van der Waals surface area contributed by atoms with Crippen molar-refractivity contribution in [2.45, 2.75) is 6.92 Å². The van der Waals surface area contributed by atoms with Crippen LogP contribution in [0.5, 0.6) is 11.5 Å². The Morgan fingerprint density at radius 2 is 2.08 bits per heavy atom. The van der Waals surface area contributed by atoms with Gasteiger partial charge in [0.1, 0.15) is 0 Å². The van der Waals surface area contributed by atoms with Gasteiger partial charge in [-0.2, -0.15) is 5.10 Å². The number of ether oxygens (including phenoxy) is 2. The molecule has 2 aromatic rings. The van der Waals surface area contributed by atoms with Crippen LogP contribution < -0.4 is 20.2 Å². The zero-order valence-electron chi connectivity index (χ0n) is 13.4. The summed E-state index contributed by atoms with van der Waals surface area (Å²) in [6.07, 6.45) is 1.49. The molecule has 0 fully saturated rings.